The van der Waals surface area contributed by atoms with Gasteiger partial charge in [0.05, 0.1) is 28.3 Å². The molecule has 0 saturated carbocycles. The van der Waals surface area contributed by atoms with Crippen LogP contribution in [0.15, 0.2) is 53.1 Å². The Bertz CT molecular complexity index is 990. The first-order chi connectivity index (χ1) is 10.8. The SMILES string of the molecule is CCn1c(-c2cnc3ccc(Br)cc3n2)nc2ccccc21. The second-order valence-electron chi connectivity index (χ2n) is 5.06. The third-order valence-corrected chi connectivity index (χ3v) is 4.20. The molecule has 4 nitrogen and oxygen atoms in total. The second-order valence-corrected chi connectivity index (χ2v) is 5.97. The largest absolute Gasteiger partial charge is 0.323 e. The van der Waals surface area contributed by atoms with E-state index < -0.39 is 0 Å². The van der Waals surface area contributed by atoms with E-state index in [1.54, 1.807) is 6.20 Å². The summed E-state index contributed by atoms with van der Waals surface area (Å²) in [5.74, 6) is 0.859. The highest BCUT2D eigenvalue weighted by Gasteiger charge is 2.13. The fourth-order valence-corrected chi connectivity index (χ4v) is 3.03. The van der Waals surface area contributed by atoms with E-state index in [0.717, 1.165) is 44.6 Å². The van der Waals surface area contributed by atoms with Crippen LogP contribution in [0.3, 0.4) is 0 Å². The number of rotatable bonds is 2. The summed E-state index contributed by atoms with van der Waals surface area (Å²) in [6, 6.07) is 14.0. The average molecular weight is 353 g/mol. The van der Waals surface area contributed by atoms with Gasteiger partial charge in [-0.2, -0.15) is 0 Å². The second kappa shape index (κ2) is 5.18. The van der Waals surface area contributed by atoms with E-state index in [1.807, 2.05) is 36.4 Å². The zero-order chi connectivity index (χ0) is 15.1. The van der Waals surface area contributed by atoms with Gasteiger partial charge in [-0.25, -0.2) is 9.97 Å². The molecule has 0 radical (unpaired) electrons. The Labute approximate surface area is 136 Å². The number of aromatic nitrogens is 4. The van der Waals surface area contributed by atoms with E-state index in [2.05, 4.69) is 38.5 Å². The minimum Gasteiger partial charge on any atom is -0.323 e. The first kappa shape index (κ1) is 13.4. The molecule has 4 aromatic rings. The molecule has 2 aromatic heterocycles. The molecular formula is C17H13BrN4. The molecule has 0 N–H and O–H groups in total. The van der Waals surface area contributed by atoms with Gasteiger partial charge in [0.2, 0.25) is 0 Å². The van der Waals surface area contributed by atoms with Crippen LogP contribution in [0.25, 0.3) is 33.6 Å². The molecule has 0 bridgehead atoms. The van der Waals surface area contributed by atoms with Crippen LogP contribution in [0.2, 0.25) is 0 Å². The standard InChI is InChI=1S/C17H13BrN4/c1-2-22-16-6-4-3-5-13(16)21-17(22)15-10-19-12-8-7-11(18)9-14(12)20-15/h3-10H,2H2,1H3. The minimum atomic E-state index is 0.795. The van der Waals surface area contributed by atoms with E-state index in [-0.39, 0.29) is 0 Å². The van der Waals surface area contributed by atoms with Gasteiger partial charge in [0, 0.05) is 11.0 Å². The van der Waals surface area contributed by atoms with Gasteiger partial charge in [-0.1, -0.05) is 28.1 Å². The molecule has 108 valence electrons. The number of hydrogen-bond acceptors (Lipinski definition) is 3. The van der Waals surface area contributed by atoms with Crippen molar-refractivity contribution in [3.05, 3.63) is 53.1 Å². The summed E-state index contributed by atoms with van der Waals surface area (Å²) in [6.45, 7) is 2.96. The Morgan fingerprint density at radius 2 is 1.86 bits per heavy atom. The summed E-state index contributed by atoms with van der Waals surface area (Å²) in [7, 11) is 0. The summed E-state index contributed by atoms with van der Waals surface area (Å²) >= 11 is 3.48. The molecule has 5 heteroatoms. The molecule has 0 aliphatic heterocycles. The van der Waals surface area contributed by atoms with Gasteiger partial charge >= 0.3 is 0 Å². The topological polar surface area (TPSA) is 43.6 Å². The van der Waals surface area contributed by atoms with Crippen LogP contribution in [-0.2, 0) is 6.54 Å². The van der Waals surface area contributed by atoms with Crippen molar-refractivity contribution in [3.63, 3.8) is 0 Å². The van der Waals surface area contributed by atoms with Gasteiger partial charge in [0.15, 0.2) is 5.82 Å². The zero-order valence-electron chi connectivity index (χ0n) is 12.0. The van der Waals surface area contributed by atoms with Crippen molar-refractivity contribution in [2.24, 2.45) is 0 Å². The average Bonchev–Trinajstić information content (AvgIpc) is 2.92. The number of imidazole rings is 1. The third-order valence-electron chi connectivity index (χ3n) is 3.70. The maximum Gasteiger partial charge on any atom is 0.161 e. The Balaban J connectivity index is 1.98. The van der Waals surface area contributed by atoms with Gasteiger partial charge in [-0.3, -0.25) is 4.98 Å². The van der Waals surface area contributed by atoms with Crippen LogP contribution in [0.1, 0.15) is 6.92 Å². The summed E-state index contributed by atoms with van der Waals surface area (Å²) in [5, 5.41) is 0. The number of para-hydroxylation sites is 2. The van der Waals surface area contributed by atoms with E-state index in [1.165, 1.54) is 0 Å². The van der Waals surface area contributed by atoms with E-state index in [0.29, 0.717) is 0 Å². The van der Waals surface area contributed by atoms with Gasteiger partial charge < -0.3 is 4.57 Å². The number of nitrogens with zero attached hydrogens (tertiary/aromatic N) is 4. The lowest BCUT2D eigenvalue weighted by molar-refractivity contribution is 0.793. The van der Waals surface area contributed by atoms with Crippen LogP contribution in [-0.4, -0.2) is 19.5 Å². The Morgan fingerprint density at radius 1 is 1.00 bits per heavy atom. The summed E-state index contributed by atoms with van der Waals surface area (Å²) in [4.78, 5) is 14.0. The highest BCUT2D eigenvalue weighted by molar-refractivity contribution is 9.10. The molecule has 22 heavy (non-hydrogen) atoms. The number of hydrogen-bond donors (Lipinski definition) is 0. The van der Waals surface area contributed by atoms with E-state index in [9.17, 15) is 0 Å². The number of halogens is 1. The predicted octanol–water partition coefficient (Wildman–Crippen LogP) is 4.43. The zero-order valence-corrected chi connectivity index (χ0v) is 13.6. The molecule has 0 atom stereocenters. The summed E-state index contributed by atoms with van der Waals surface area (Å²) < 4.78 is 3.17. The van der Waals surface area contributed by atoms with Crippen LogP contribution < -0.4 is 0 Å². The molecule has 0 aliphatic carbocycles. The number of fused-ring (bicyclic) bond motifs is 2. The van der Waals surface area contributed by atoms with Gasteiger partial charge in [-0.05, 0) is 37.3 Å². The molecule has 0 fully saturated rings. The Hall–Kier alpha value is -2.27. The summed E-state index contributed by atoms with van der Waals surface area (Å²) in [5.41, 5.74) is 4.64. The molecule has 0 amide bonds. The Morgan fingerprint density at radius 3 is 2.73 bits per heavy atom. The van der Waals surface area contributed by atoms with Crippen LogP contribution in [0.5, 0.6) is 0 Å². The highest BCUT2D eigenvalue weighted by atomic mass is 79.9. The van der Waals surface area contributed by atoms with Crippen molar-refractivity contribution < 1.29 is 0 Å². The lowest BCUT2D eigenvalue weighted by Gasteiger charge is -2.06. The monoisotopic (exact) mass is 352 g/mol. The van der Waals surface area contributed by atoms with Crippen molar-refractivity contribution >= 4 is 38.0 Å². The van der Waals surface area contributed by atoms with Gasteiger partial charge in [0.1, 0.15) is 5.69 Å². The maximum absolute atomic E-state index is 4.73. The molecule has 2 heterocycles. The molecule has 2 aromatic carbocycles. The van der Waals surface area contributed by atoms with Crippen LogP contribution in [0, 0.1) is 0 Å². The third kappa shape index (κ3) is 2.09. The first-order valence-electron chi connectivity index (χ1n) is 7.14. The number of benzene rings is 2. The predicted molar refractivity (Wildman–Crippen MR) is 91.6 cm³/mol. The fourth-order valence-electron chi connectivity index (χ4n) is 2.68. The van der Waals surface area contributed by atoms with Crippen molar-refractivity contribution in [3.8, 4) is 11.5 Å². The van der Waals surface area contributed by atoms with Crippen molar-refractivity contribution in [1.82, 2.24) is 19.5 Å². The molecule has 0 saturated heterocycles. The normalized spacial score (nSPS) is 11.4. The van der Waals surface area contributed by atoms with Crippen LogP contribution in [0.4, 0.5) is 0 Å². The summed E-state index contributed by atoms with van der Waals surface area (Å²) in [6.07, 6.45) is 1.80. The van der Waals surface area contributed by atoms with Crippen molar-refractivity contribution in [2.75, 3.05) is 0 Å². The highest BCUT2D eigenvalue weighted by Crippen LogP contribution is 2.25. The lowest BCUT2D eigenvalue weighted by Crippen LogP contribution is -1.99. The molecule has 0 spiro atoms. The van der Waals surface area contributed by atoms with E-state index in [4.69, 9.17) is 9.97 Å². The maximum atomic E-state index is 4.73. The molecule has 4 rings (SSSR count). The van der Waals surface area contributed by atoms with Gasteiger partial charge in [0.25, 0.3) is 0 Å². The molecule has 0 aliphatic rings. The Kier molecular flexibility index (Phi) is 3.15. The van der Waals surface area contributed by atoms with Gasteiger partial charge in [-0.15, -0.1) is 0 Å². The first-order valence-corrected chi connectivity index (χ1v) is 7.93. The van der Waals surface area contributed by atoms with E-state index >= 15 is 0 Å². The number of aryl methyl sites for hydroxylation is 1. The molecule has 0 unspecified atom stereocenters. The van der Waals surface area contributed by atoms with Crippen LogP contribution >= 0.6 is 15.9 Å². The minimum absolute atomic E-state index is 0.795. The van der Waals surface area contributed by atoms with Crippen molar-refractivity contribution in [1.29, 1.82) is 0 Å². The smallest absolute Gasteiger partial charge is 0.161 e. The quantitative estimate of drug-likeness (QED) is 0.536. The fraction of sp³-hybridized carbons (Fsp3) is 0.118. The molecular weight excluding hydrogens is 340 g/mol. The van der Waals surface area contributed by atoms with Crippen molar-refractivity contribution in [2.45, 2.75) is 13.5 Å². The lowest BCUT2D eigenvalue weighted by atomic mass is 10.3.